The zero-order valence-corrected chi connectivity index (χ0v) is 33.8. The molecule has 0 heterocycles. The normalized spacial score (nSPS) is 12.0. The summed E-state index contributed by atoms with van der Waals surface area (Å²) >= 11 is 0. The molecule has 0 aliphatic rings. The van der Waals surface area contributed by atoms with Gasteiger partial charge in [-0.05, 0) is 103 Å². The molecular formula is C46H83NO4. The number of hydrogen-bond acceptors (Lipinski definition) is 5. The van der Waals surface area contributed by atoms with Gasteiger partial charge in [-0.25, -0.2) is 0 Å². The number of ether oxygens (including phenoxy) is 2. The van der Waals surface area contributed by atoms with Crippen LogP contribution in [0.3, 0.4) is 0 Å². The molecule has 0 aromatic carbocycles. The lowest BCUT2D eigenvalue weighted by Crippen LogP contribution is -2.20. The second-order valence-electron chi connectivity index (χ2n) is 14.3. The first-order chi connectivity index (χ1) is 25.2. The number of esters is 2. The molecule has 0 fully saturated rings. The number of hydrogen-bond donors (Lipinski definition) is 1. The van der Waals surface area contributed by atoms with Gasteiger partial charge in [-0.3, -0.25) is 9.59 Å². The fourth-order valence-electron chi connectivity index (χ4n) is 5.90. The van der Waals surface area contributed by atoms with Gasteiger partial charge in [-0.1, -0.05) is 152 Å². The molecular weight excluding hydrogens is 631 g/mol. The molecule has 0 radical (unpaired) electrons. The van der Waals surface area contributed by atoms with Crippen LogP contribution >= 0.6 is 0 Å². The number of allylic oxidation sites excluding steroid dienone is 8. The lowest BCUT2D eigenvalue weighted by atomic mass is 10.1. The van der Waals surface area contributed by atoms with E-state index in [0.717, 1.165) is 64.5 Å². The minimum atomic E-state index is -0.0695. The predicted molar refractivity (Wildman–Crippen MR) is 221 cm³/mol. The van der Waals surface area contributed by atoms with Crippen molar-refractivity contribution < 1.29 is 19.1 Å². The van der Waals surface area contributed by atoms with Crippen LogP contribution in [0.5, 0.6) is 0 Å². The molecule has 0 saturated carbocycles. The average Bonchev–Trinajstić information content (AvgIpc) is 3.13. The van der Waals surface area contributed by atoms with E-state index in [1.807, 2.05) is 0 Å². The molecule has 0 unspecified atom stereocenters. The minimum absolute atomic E-state index is 0.0695. The summed E-state index contributed by atoms with van der Waals surface area (Å²) in [6, 6.07) is 0. The topological polar surface area (TPSA) is 64.6 Å². The van der Waals surface area contributed by atoms with Crippen molar-refractivity contribution in [3.8, 4) is 0 Å². The summed E-state index contributed by atoms with van der Waals surface area (Å²) in [4.78, 5) is 23.9. The van der Waals surface area contributed by atoms with Crippen molar-refractivity contribution in [2.75, 3.05) is 26.3 Å². The van der Waals surface area contributed by atoms with E-state index in [2.05, 4.69) is 67.8 Å². The van der Waals surface area contributed by atoms with Gasteiger partial charge in [0.25, 0.3) is 0 Å². The van der Waals surface area contributed by atoms with Crippen LogP contribution in [0.4, 0.5) is 0 Å². The molecule has 0 aliphatic heterocycles. The summed E-state index contributed by atoms with van der Waals surface area (Å²) in [5, 5.41) is 3.34. The summed E-state index contributed by atoms with van der Waals surface area (Å²) in [6.45, 7) is 7.06. The standard InChI is InChI=1S/C46H83NO4/c1-3-5-7-9-11-13-15-17-19-21-23-25-27-29-31-33-35-39-45(48)50-43-37-41-47-42-38-44-51-46(49)40-36-34-32-30-28-26-24-22-20-18-16-14-12-10-8-6-4-2/h11-14,17-20,47H,3-10,15-16,21-44H2,1-2H3/b13-11-,14-12-,19-17-,20-18-. The van der Waals surface area contributed by atoms with Crippen LogP contribution in [-0.4, -0.2) is 38.2 Å². The highest BCUT2D eigenvalue weighted by molar-refractivity contribution is 5.69. The SMILES string of the molecule is CCCCC/C=C\C/C=C\CCCCCCCCCC(=O)OCCCNCCCOC(=O)CCCCCCCCC/C=C\C/C=C\CCCCC. The third-order valence-electron chi connectivity index (χ3n) is 9.18. The van der Waals surface area contributed by atoms with Crippen LogP contribution in [0.15, 0.2) is 48.6 Å². The van der Waals surface area contributed by atoms with E-state index in [1.54, 1.807) is 0 Å². The van der Waals surface area contributed by atoms with Gasteiger partial charge >= 0.3 is 11.9 Å². The second kappa shape index (κ2) is 44.0. The molecule has 0 rings (SSSR count). The zero-order valence-electron chi connectivity index (χ0n) is 33.8. The van der Waals surface area contributed by atoms with Crippen LogP contribution in [0.2, 0.25) is 0 Å². The van der Waals surface area contributed by atoms with Crippen LogP contribution in [0, 0.1) is 0 Å². The maximum absolute atomic E-state index is 12.0. The Morgan fingerprint density at radius 1 is 0.392 bits per heavy atom. The van der Waals surface area contributed by atoms with Gasteiger partial charge in [0, 0.05) is 12.8 Å². The Kier molecular flexibility index (Phi) is 42.2. The lowest BCUT2D eigenvalue weighted by Gasteiger charge is -2.07. The highest BCUT2D eigenvalue weighted by Crippen LogP contribution is 2.12. The van der Waals surface area contributed by atoms with Gasteiger partial charge in [-0.15, -0.1) is 0 Å². The number of carbonyl (C=O) groups excluding carboxylic acids is 2. The number of rotatable bonds is 40. The fraction of sp³-hybridized carbons (Fsp3) is 0.783. The van der Waals surface area contributed by atoms with Crippen molar-refractivity contribution in [3.63, 3.8) is 0 Å². The molecule has 0 aromatic heterocycles. The molecule has 5 nitrogen and oxygen atoms in total. The van der Waals surface area contributed by atoms with Crippen LogP contribution in [0.1, 0.15) is 206 Å². The average molecular weight is 714 g/mol. The van der Waals surface area contributed by atoms with Crippen molar-refractivity contribution in [2.24, 2.45) is 0 Å². The minimum Gasteiger partial charge on any atom is -0.466 e. The molecule has 296 valence electrons. The zero-order chi connectivity index (χ0) is 37.0. The van der Waals surface area contributed by atoms with Crippen molar-refractivity contribution >= 4 is 11.9 Å². The molecule has 0 spiro atoms. The quantitative estimate of drug-likeness (QED) is 0.0389. The van der Waals surface area contributed by atoms with E-state index < -0.39 is 0 Å². The van der Waals surface area contributed by atoms with E-state index in [0.29, 0.717) is 26.1 Å². The molecule has 51 heavy (non-hydrogen) atoms. The summed E-state index contributed by atoms with van der Waals surface area (Å²) in [7, 11) is 0. The van der Waals surface area contributed by atoms with Crippen molar-refractivity contribution in [3.05, 3.63) is 48.6 Å². The molecule has 0 aromatic rings. The molecule has 0 bridgehead atoms. The Balaban J connectivity index is 3.32. The monoisotopic (exact) mass is 714 g/mol. The van der Waals surface area contributed by atoms with Gasteiger partial charge in [0.1, 0.15) is 0 Å². The Labute approximate surface area is 317 Å². The van der Waals surface area contributed by atoms with Gasteiger partial charge in [-0.2, -0.15) is 0 Å². The van der Waals surface area contributed by atoms with Gasteiger partial charge in [0.15, 0.2) is 0 Å². The van der Waals surface area contributed by atoms with E-state index in [1.165, 1.54) is 128 Å². The first-order valence-electron chi connectivity index (χ1n) is 21.8. The number of carbonyl (C=O) groups is 2. The van der Waals surface area contributed by atoms with Crippen LogP contribution in [-0.2, 0) is 19.1 Å². The number of nitrogens with one attached hydrogen (secondary N) is 1. The Morgan fingerprint density at radius 3 is 1.06 bits per heavy atom. The Morgan fingerprint density at radius 2 is 0.706 bits per heavy atom. The summed E-state index contributed by atoms with van der Waals surface area (Å²) in [5.41, 5.74) is 0. The molecule has 0 amide bonds. The van der Waals surface area contributed by atoms with E-state index >= 15 is 0 Å². The van der Waals surface area contributed by atoms with E-state index in [4.69, 9.17) is 9.47 Å². The summed E-state index contributed by atoms with van der Waals surface area (Å²) < 4.78 is 10.8. The first-order valence-corrected chi connectivity index (χ1v) is 21.8. The van der Waals surface area contributed by atoms with Crippen LogP contribution in [0.25, 0.3) is 0 Å². The maximum atomic E-state index is 12.0. The van der Waals surface area contributed by atoms with Gasteiger partial charge < -0.3 is 14.8 Å². The van der Waals surface area contributed by atoms with Gasteiger partial charge in [0.05, 0.1) is 13.2 Å². The fourth-order valence-corrected chi connectivity index (χ4v) is 5.90. The second-order valence-corrected chi connectivity index (χ2v) is 14.3. The Bertz CT molecular complexity index is 778. The van der Waals surface area contributed by atoms with Gasteiger partial charge in [0.2, 0.25) is 0 Å². The third kappa shape index (κ3) is 43.9. The largest absolute Gasteiger partial charge is 0.466 e. The molecule has 0 atom stereocenters. The molecule has 5 heteroatoms. The smallest absolute Gasteiger partial charge is 0.305 e. The van der Waals surface area contributed by atoms with Crippen molar-refractivity contribution in [1.82, 2.24) is 5.32 Å². The highest BCUT2D eigenvalue weighted by Gasteiger charge is 2.04. The lowest BCUT2D eigenvalue weighted by molar-refractivity contribution is -0.144. The van der Waals surface area contributed by atoms with Crippen molar-refractivity contribution in [1.29, 1.82) is 0 Å². The number of unbranched alkanes of at least 4 members (excludes halogenated alkanes) is 20. The Hall–Kier alpha value is -2.14. The van der Waals surface area contributed by atoms with Crippen molar-refractivity contribution in [2.45, 2.75) is 206 Å². The molecule has 1 N–H and O–H groups in total. The van der Waals surface area contributed by atoms with E-state index in [9.17, 15) is 9.59 Å². The predicted octanol–water partition coefficient (Wildman–Crippen LogP) is 13.6. The molecule has 0 aliphatic carbocycles. The maximum Gasteiger partial charge on any atom is 0.305 e. The summed E-state index contributed by atoms with van der Waals surface area (Å²) in [6.07, 6.45) is 52.9. The third-order valence-corrected chi connectivity index (χ3v) is 9.18. The summed E-state index contributed by atoms with van der Waals surface area (Å²) in [5.74, 6) is -0.139. The molecule has 0 saturated heterocycles. The van der Waals surface area contributed by atoms with E-state index in [-0.39, 0.29) is 11.9 Å². The first kappa shape index (κ1) is 48.9. The highest BCUT2D eigenvalue weighted by atomic mass is 16.5. The van der Waals surface area contributed by atoms with Crippen LogP contribution < -0.4 is 5.32 Å².